The molecule has 0 aliphatic carbocycles. The summed E-state index contributed by atoms with van der Waals surface area (Å²) in [6, 6.07) is 1.87. The summed E-state index contributed by atoms with van der Waals surface area (Å²) in [6.45, 7) is 8.03. The van der Waals surface area contributed by atoms with Gasteiger partial charge >= 0.3 is 6.09 Å². The van der Waals surface area contributed by atoms with Crippen molar-refractivity contribution in [3.63, 3.8) is 0 Å². The Kier molecular flexibility index (Phi) is 6.75. The van der Waals surface area contributed by atoms with Gasteiger partial charge in [0.2, 0.25) is 5.88 Å². The van der Waals surface area contributed by atoms with Gasteiger partial charge in [-0.15, -0.1) is 0 Å². The fourth-order valence-corrected chi connectivity index (χ4v) is 3.02. The first-order chi connectivity index (χ1) is 11.8. The first kappa shape index (κ1) is 19.6. The lowest BCUT2D eigenvalue weighted by Gasteiger charge is -2.33. The van der Waals surface area contributed by atoms with Gasteiger partial charge in [-0.1, -0.05) is 11.8 Å². The summed E-state index contributed by atoms with van der Waals surface area (Å²) < 4.78 is 10.5. The fourth-order valence-electron chi connectivity index (χ4n) is 2.66. The molecule has 1 aromatic heterocycles. The summed E-state index contributed by atoms with van der Waals surface area (Å²) in [7, 11) is 1.62. The van der Waals surface area contributed by atoms with Crippen LogP contribution >= 0.6 is 11.8 Å². The number of nitrogens with one attached hydrogen (secondary N) is 1. The zero-order chi connectivity index (χ0) is 18.4. The third kappa shape index (κ3) is 6.26. The third-order valence-corrected chi connectivity index (χ3v) is 4.48. The molecule has 25 heavy (non-hydrogen) atoms. The molecular weight excluding hydrogens is 340 g/mol. The van der Waals surface area contributed by atoms with Gasteiger partial charge in [-0.25, -0.2) is 9.78 Å². The van der Waals surface area contributed by atoms with E-state index in [4.69, 9.17) is 9.47 Å². The van der Waals surface area contributed by atoms with E-state index in [1.807, 2.05) is 33.1 Å². The normalized spacial score (nSPS) is 15.8. The van der Waals surface area contributed by atoms with Crippen LogP contribution in [-0.4, -0.2) is 54.7 Å². The smallest absolute Gasteiger partial charge is 0.407 e. The molecule has 7 nitrogen and oxygen atoms in total. The van der Waals surface area contributed by atoms with Gasteiger partial charge < -0.3 is 19.7 Å². The van der Waals surface area contributed by atoms with E-state index >= 15 is 0 Å². The lowest BCUT2D eigenvalue weighted by Crippen LogP contribution is -2.40. The maximum absolute atomic E-state index is 11.8. The lowest BCUT2D eigenvalue weighted by atomic mass is 9.97. The number of hydrogen-bond acceptors (Lipinski definition) is 7. The molecule has 1 aliphatic rings. The molecule has 0 aromatic carbocycles. The topological polar surface area (TPSA) is 76.6 Å². The highest BCUT2D eigenvalue weighted by Gasteiger charge is 2.23. The number of carbonyl (C=O) groups excluding carboxylic acids is 1. The number of ether oxygens (including phenoxy) is 2. The Bertz CT molecular complexity index is 561. The molecule has 1 N–H and O–H groups in total. The molecule has 8 heteroatoms. The minimum Gasteiger partial charge on any atom is -0.481 e. The van der Waals surface area contributed by atoms with E-state index in [9.17, 15) is 4.79 Å². The monoisotopic (exact) mass is 368 g/mol. The van der Waals surface area contributed by atoms with Crippen molar-refractivity contribution in [2.45, 2.75) is 44.4 Å². The van der Waals surface area contributed by atoms with Gasteiger partial charge in [0.15, 0.2) is 5.16 Å². The number of thioether (sulfide) groups is 1. The summed E-state index contributed by atoms with van der Waals surface area (Å²) in [6.07, 6.45) is 3.60. The van der Waals surface area contributed by atoms with Gasteiger partial charge in [0.25, 0.3) is 0 Å². The number of alkyl carbamates (subject to hydrolysis) is 1. The molecule has 140 valence electrons. The van der Waals surface area contributed by atoms with Crippen LogP contribution in [-0.2, 0) is 4.74 Å². The molecular formula is C17H28N4O3S. The summed E-state index contributed by atoms with van der Waals surface area (Å²) in [4.78, 5) is 22.9. The minimum atomic E-state index is -0.464. The van der Waals surface area contributed by atoms with E-state index in [0.29, 0.717) is 23.5 Å². The molecule has 1 fully saturated rings. The van der Waals surface area contributed by atoms with Crippen LogP contribution in [0.4, 0.5) is 10.6 Å². The van der Waals surface area contributed by atoms with Crippen LogP contribution in [0.1, 0.15) is 33.6 Å². The minimum absolute atomic E-state index is 0.347. The number of aromatic nitrogens is 2. The van der Waals surface area contributed by atoms with Gasteiger partial charge in [0, 0.05) is 25.7 Å². The summed E-state index contributed by atoms with van der Waals surface area (Å²) in [5.74, 6) is 1.94. The number of nitrogens with zero attached hydrogens (tertiary/aromatic N) is 3. The van der Waals surface area contributed by atoms with Crippen LogP contribution in [0.15, 0.2) is 11.2 Å². The number of rotatable bonds is 5. The van der Waals surface area contributed by atoms with E-state index in [-0.39, 0.29) is 6.09 Å². The summed E-state index contributed by atoms with van der Waals surface area (Å²) in [5, 5.41) is 3.58. The first-order valence-electron chi connectivity index (χ1n) is 8.49. The van der Waals surface area contributed by atoms with Crippen molar-refractivity contribution >= 4 is 23.7 Å². The van der Waals surface area contributed by atoms with Crippen LogP contribution in [0, 0.1) is 5.92 Å². The van der Waals surface area contributed by atoms with Gasteiger partial charge in [0.05, 0.1) is 7.11 Å². The van der Waals surface area contributed by atoms with Crippen molar-refractivity contribution in [3.05, 3.63) is 6.07 Å². The van der Waals surface area contributed by atoms with Crippen LogP contribution in [0.5, 0.6) is 5.88 Å². The zero-order valence-corrected chi connectivity index (χ0v) is 16.5. The van der Waals surface area contributed by atoms with Crippen molar-refractivity contribution in [2.75, 3.05) is 37.9 Å². The number of methoxy groups -OCH3 is 1. The second-order valence-electron chi connectivity index (χ2n) is 7.07. The molecule has 1 aromatic rings. The van der Waals surface area contributed by atoms with Gasteiger partial charge in [0.1, 0.15) is 11.4 Å². The summed E-state index contributed by atoms with van der Waals surface area (Å²) >= 11 is 1.50. The molecule has 2 rings (SSSR count). The molecule has 1 aliphatic heterocycles. The standard InChI is InChI=1S/C17H28N4O3S/c1-17(2,3)24-16(22)18-11-12-6-8-21(9-7-12)13-10-14(23-4)20-15(19-13)25-5/h10,12H,6-9,11H2,1-5H3,(H,18,22). The van der Waals surface area contributed by atoms with Crippen LogP contribution < -0.4 is 15.0 Å². The van der Waals surface area contributed by atoms with Crippen molar-refractivity contribution in [1.29, 1.82) is 0 Å². The number of anilines is 1. The average Bonchev–Trinajstić information content (AvgIpc) is 2.58. The summed E-state index contributed by atoms with van der Waals surface area (Å²) in [5.41, 5.74) is -0.464. The Morgan fingerprint density at radius 1 is 1.36 bits per heavy atom. The molecule has 0 saturated carbocycles. The van der Waals surface area contributed by atoms with Crippen LogP contribution in [0.2, 0.25) is 0 Å². The molecule has 0 spiro atoms. The van der Waals surface area contributed by atoms with Gasteiger partial charge in [-0.05, 0) is 45.8 Å². The maximum atomic E-state index is 11.8. The molecule has 0 radical (unpaired) electrons. The Balaban J connectivity index is 1.84. The zero-order valence-electron chi connectivity index (χ0n) is 15.7. The molecule has 1 saturated heterocycles. The lowest BCUT2D eigenvalue weighted by molar-refractivity contribution is 0.0517. The maximum Gasteiger partial charge on any atom is 0.407 e. The Morgan fingerprint density at radius 2 is 2.04 bits per heavy atom. The van der Waals surface area contributed by atoms with E-state index in [2.05, 4.69) is 20.2 Å². The predicted octanol–water partition coefficient (Wildman–Crippen LogP) is 2.95. The highest BCUT2D eigenvalue weighted by molar-refractivity contribution is 7.98. The van der Waals surface area contributed by atoms with Crippen molar-refractivity contribution < 1.29 is 14.3 Å². The number of piperidine rings is 1. The Morgan fingerprint density at radius 3 is 2.60 bits per heavy atom. The Labute approximate surface area is 153 Å². The van der Waals surface area contributed by atoms with Crippen LogP contribution in [0.3, 0.4) is 0 Å². The van der Waals surface area contributed by atoms with E-state index in [0.717, 1.165) is 31.7 Å². The molecule has 0 atom stereocenters. The van der Waals surface area contributed by atoms with E-state index < -0.39 is 5.60 Å². The fraction of sp³-hybridized carbons (Fsp3) is 0.706. The van der Waals surface area contributed by atoms with Crippen molar-refractivity contribution in [3.8, 4) is 5.88 Å². The third-order valence-electron chi connectivity index (χ3n) is 3.93. The largest absolute Gasteiger partial charge is 0.481 e. The second kappa shape index (κ2) is 8.60. The van der Waals surface area contributed by atoms with Gasteiger partial charge in [-0.2, -0.15) is 4.98 Å². The average molecular weight is 369 g/mol. The number of hydrogen-bond donors (Lipinski definition) is 1. The SMILES string of the molecule is COc1cc(N2CCC(CNC(=O)OC(C)(C)C)CC2)nc(SC)n1. The Hall–Kier alpha value is -1.70. The molecule has 0 unspecified atom stereocenters. The highest BCUT2D eigenvalue weighted by atomic mass is 32.2. The number of carbonyl (C=O) groups is 1. The van der Waals surface area contributed by atoms with Gasteiger partial charge in [-0.3, -0.25) is 0 Å². The molecule has 1 amide bonds. The van der Waals surface area contributed by atoms with Crippen molar-refractivity contribution in [1.82, 2.24) is 15.3 Å². The quantitative estimate of drug-likeness (QED) is 0.632. The highest BCUT2D eigenvalue weighted by Crippen LogP contribution is 2.26. The predicted molar refractivity (Wildman–Crippen MR) is 99.5 cm³/mol. The van der Waals surface area contributed by atoms with Crippen LogP contribution in [0.25, 0.3) is 0 Å². The first-order valence-corrected chi connectivity index (χ1v) is 9.72. The molecule has 0 bridgehead atoms. The van der Waals surface area contributed by atoms with E-state index in [1.165, 1.54) is 11.8 Å². The molecule has 2 heterocycles. The second-order valence-corrected chi connectivity index (χ2v) is 7.84. The van der Waals surface area contributed by atoms with E-state index in [1.54, 1.807) is 7.11 Å². The van der Waals surface area contributed by atoms with Crippen molar-refractivity contribution in [2.24, 2.45) is 5.92 Å². The number of amides is 1.